The van der Waals surface area contributed by atoms with E-state index in [1.807, 2.05) is 24.3 Å². The summed E-state index contributed by atoms with van der Waals surface area (Å²) in [5.74, 6) is 0.760. The van der Waals surface area contributed by atoms with E-state index in [2.05, 4.69) is 13.8 Å². The Balaban J connectivity index is 1.48. The van der Waals surface area contributed by atoms with Gasteiger partial charge < -0.3 is 9.52 Å². The molecule has 0 saturated carbocycles. The Bertz CT molecular complexity index is 1100. The Labute approximate surface area is 176 Å². The average molecular weight is 409 g/mol. The van der Waals surface area contributed by atoms with Gasteiger partial charge in [-0.1, -0.05) is 32.4 Å². The van der Waals surface area contributed by atoms with Crippen molar-refractivity contribution < 1.29 is 13.9 Å². The van der Waals surface area contributed by atoms with Gasteiger partial charge in [0.2, 0.25) is 0 Å². The maximum absolute atomic E-state index is 13.0. The van der Waals surface area contributed by atoms with Crippen molar-refractivity contribution in [2.75, 3.05) is 0 Å². The van der Waals surface area contributed by atoms with Crippen LogP contribution in [0.15, 0.2) is 45.6 Å². The fourth-order valence-corrected chi connectivity index (χ4v) is 4.64. The van der Waals surface area contributed by atoms with Gasteiger partial charge in [-0.05, 0) is 91.3 Å². The molecular formula is C26H29FO3. The van der Waals surface area contributed by atoms with E-state index < -0.39 is 0 Å². The highest BCUT2D eigenvalue weighted by molar-refractivity contribution is 5.88. The number of unbranched alkanes of at least 4 members (excludes halogenated alkanes) is 1. The number of fused-ring (bicyclic) bond motifs is 3. The Hall–Kier alpha value is -2.62. The SMILES string of the molecule is CC1CCc2c(c3c(O)cc(C(C)CCCCc4ccc(F)cc4)cc3oc2=O)C1. The van der Waals surface area contributed by atoms with Gasteiger partial charge in [-0.2, -0.15) is 0 Å². The number of halogens is 1. The standard InChI is InChI=1S/C26H29FO3/c1-16-7-12-21-22(13-16)25-23(28)14-19(15-24(25)30-26(21)29)17(2)5-3-4-6-18-8-10-20(27)11-9-18/h8-11,14-17,28H,3-7,12-13H2,1-2H3. The smallest absolute Gasteiger partial charge is 0.339 e. The second kappa shape index (κ2) is 8.63. The fraction of sp³-hybridized carbons (Fsp3) is 0.423. The van der Waals surface area contributed by atoms with E-state index in [1.54, 1.807) is 0 Å². The molecule has 0 aliphatic heterocycles. The van der Waals surface area contributed by atoms with E-state index in [9.17, 15) is 14.3 Å². The van der Waals surface area contributed by atoms with Gasteiger partial charge in [0.05, 0.1) is 5.39 Å². The molecule has 2 aromatic carbocycles. The van der Waals surface area contributed by atoms with Crippen LogP contribution in [-0.4, -0.2) is 5.11 Å². The van der Waals surface area contributed by atoms with Crippen LogP contribution in [0.4, 0.5) is 4.39 Å². The highest BCUT2D eigenvalue weighted by Gasteiger charge is 2.24. The van der Waals surface area contributed by atoms with Gasteiger partial charge in [0.1, 0.15) is 17.1 Å². The number of phenols is 1. The third-order valence-corrected chi connectivity index (χ3v) is 6.49. The van der Waals surface area contributed by atoms with Crippen molar-refractivity contribution in [3.8, 4) is 5.75 Å². The zero-order valence-corrected chi connectivity index (χ0v) is 17.7. The summed E-state index contributed by atoms with van der Waals surface area (Å²) in [6.07, 6.45) is 6.47. The van der Waals surface area contributed by atoms with E-state index >= 15 is 0 Å². The normalized spacial score (nSPS) is 17.1. The first-order chi connectivity index (χ1) is 14.4. The fourth-order valence-electron chi connectivity index (χ4n) is 4.64. The monoisotopic (exact) mass is 408 g/mol. The summed E-state index contributed by atoms with van der Waals surface area (Å²) in [5, 5.41) is 11.5. The number of rotatable bonds is 6. The highest BCUT2D eigenvalue weighted by Crippen LogP contribution is 2.37. The van der Waals surface area contributed by atoms with Gasteiger partial charge in [0.15, 0.2) is 0 Å². The van der Waals surface area contributed by atoms with Crippen LogP contribution in [0.25, 0.3) is 11.0 Å². The maximum atomic E-state index is 13.0. The molecule has 0 saturated heterocycles. The van der Waals surface area contributed by atoms with Crippen LogP contribution in [0.5, 0.6) is 5.75 Å². The average Bonchev–Trinajstić information content (AvgIpc) is 2.71. The Kier molecular flexibility index (Phi) is 5.94. The lowest BCUT2D eigenvalue weighted by atomic mass is 9.83. The topological polar surface area (TPSA) is 50.4 Å². The number of benzene rings is 2. The van der Waals surface area contributed by atoms with Gasteiger partial charge >= 0.3 is 5.63 Å². The number of hydrogen-bond donors (Lipinski definition) is 1. The minimum absolute atomic E-state index is 0.203. The lowest BCUT2D eigenvalue weighted by molar-refractivity contribution is 0.460. The molecule has 1 heterocycles. The molecule has 0 amide bonds. The molecule has 3 aromatic rings. The third-order valence-electron chi connectivity index (χ3n) is 6.49. The number of phenolic OH excluding ortho intramolecular Hbond substituents is 1. The highest BCUT2D eigenvalue weighted by atomic mass is 19.1. The summed E-state index contributed by atoms with van der Waals surface area (Å²) in [7, 11) is 0. The minimum Gasteiger partial charge on any atom is -0.507 e. The van der Waals surface area contributed by atoms with E-state index in [0.29, 0.717) is 16.9 Å². The maximum Gasteiger partial charge on any atom is 0.339 e. The summed E-state index contributed by atoms with van der Waals surface area (Å²) >= 11 is 0. The van der Waals surface area contributed by atoms with Crippen molar-refractivity contribution in [2.45, 2.75) is 64.7 Å². The van der Waals surface area contributed by atoms with E-state index in [4.69, 9.17) is 4.42 Å². The number of hydrogen-bond acceptors (Lipinski definition) is 3. The Morgan fingerprint density at radius 2 is 1.93 bits per heavy atom. The largest absolute Gasteiger partial charge is 0.507 e. The molecule has 1 aliphatic carbocycles. The molecule has 4 heteroatoms. The van der Waals surface area contributed by atoms with Crippen molar-refractivity contribution in [3.63, 3.8) is 0 Å². The van der Waals surface area contributed by atoms with Crippen molar-refractivity contribution in [1.29, 1.82) is 0 Å². The second-order valence-corrected chi connectivity index (χ2v) is 8.88. The van der Waals surface area contributed by atoms with E-state index in [1.165, 1.54) is 12.1 Å². The summed E-state index contributed by atoms with van der Waals surface area (Å²) in [4.78, 5) is 12.5. The minimum atomic E-state index is -0.257. The van der Waals surface area contributed by atoms with Crippen molar-refractivity contribution in [1.82, 2.24) is 0 Å². The molecule has 158 valence electrons. The van der Waals surface area contributed by atoms with Gasteiger partial charge in [-0.3, -0.25) is 0 Å². The zero-order valence-electron chi connectivity index (χ0n) is 17.7. The molecule has 4 rings (SSSR count). The first-order valence-electron chi connectivity index (χ1n) is 11.0. The molecule has 30 heavy (non-hydrogen) atoms. The number of aryl methyl sites for hydroxylation is 1. The van der Waals surface area contributed by atoms with Crippen LogP contribution in [-0.2, 0) is 19.3 Å². The summed E-state index contributed by atoms with van der Waals surface area (Å²) in [6, 6.07) is 10.5. The molecule has 1 aromatic heterocycles. The molecule has 0 bridgehead atoms. The summed E-state index contributed by atoms with van der Waals surface area (Å²) < 4.78 is 18.6. The predicted molar refractivity (Wildman–Crippen MR) is 118 cm³/mol. The van der Waals surface area contributed by atoms with Crippen LogP contribution < -0.4 is 5.63 Å². The van der Waals surface area contributed by atoms with Crippen molar-refractivity contribution in [3.05, 3.63) is 74.9 Å². The van der Waals surface area contributed by atoms with Gasteiger partial charge in [-0.25, -0.2) is 9.18 Å². The van der Waals surface area contributed by atoms with E-state index in [-0.39, 0.29) is 23.1 Å². The van der Waals surface area contributed by atoms with Gasteiger partial charge in [0, 0.05) is 5.56 Å². The molecule has 3 nitrogen and oxygen atoms in total. The van der Waals surface area contributed by atoms with Crippen LogP contribution in [0.1, 0.15) is 67.7 Å². The third kappa shape index (κ3) is 4.28. The lowest BCUT2D eigenvalue weighted by Crippen LogP contribution is -2.20. The quantitative estimate of drug-likeness (QED) is 0.386. The molecular weight excluding hydrogens is 379 g/mol. The van der Waals surface area contributed by atoms with Gasteiger partial charge in [-0.15, -0.1) is 0 Å². The van der Waals surface area contributed by atoms with E-state index in [0.717, 1.165) is 67.2 Å². The van der Waals surface area contributed by atoms with Crippen LogP contribution in [0, 0.1) is 11.7 Å². The molecule has 0 fully saturated rings. The van der Waals surface area contributed by atoms with Gasteiger partial charge in [0.25, 0.3) is 0 Å². The zero-order chi connectivity index (χ0) is 21.3. The Morgan fingerprint density at radius 1 is 1.17 bits per heavy atom. The lowest BCUT2D eigenvalue weighted by Gasteiger charge is -2.22. The first kappa shape index (κ1) is 20.6. The summed E-state index contributed by atoms with van der Waals surface area (Å²) in [5.41, 5.74) is 4.09. The van der Waals surface area contributed by atoms with Crippen LogP contribution in [0.3, 0.4) is 0 Å². The first-order valence-corrected chi connectivity index (χ1v) is 11.0. The molecule has 0 spiro atoms. The molecule has 1 N–H and O–H groups in total. The molecule has 2 unspecified atom stereocenters. The van der Waals surface area contributed by atoms with Crippen molar-refractivity contribution >= 4 is 11.0 Å². The molecule has 0 radical (unpaired) electrons. The van der Waals surface area contributed by atoms with Crippen molar-refractivity contribution in [2.24, 2.45) is 5.92 Å². The second-order valence-electron chi connectivity index (χ2n) is 8.88. The predicted octanol–water partition coefficient (Wildman–Crippen LogP) is 6.28. The summed E-state index contributed by atoms with van der Waals surface area (Å²) in [6.45, 7) is 4.32. The van der Waals surface area contributed by atoms with Crippen LogP contribution in [0.2, 0.25) is 0 Å². The molecule has 1 aliphatic rings. The van der Waals surface area contributed by atoms with Crippen LogP contribution >= 0.6 is 0 Å². The Morgan fingerprint density at radius 3 is 2.70 bits per heavy atom. The molecule has 2 atom stereocenters. The number of aromatic hydroxyl groups is 1.